The molecule has 2 heterocycles. The van der Waals surface area contributed by atoms with Crippen molar-refractivity contribution >= 4 is 11.9 Å². The minimum absolute atomic E-state index is 0.0521. The van der Waals surface area contributed by atoms with Crippen molar-refractivity contribution in [2.45, 2.75) is 44.2 Å². The molecule has 0 aromatic heterocycles. The van der Waals surface area contributed by atoms with E-state index in [9.17, 15) is 9.59 Å². The normalized spacial score (nSPS) is 38.1. The second-order valence-corrected chi connectivity index (χ2v) is 4.26. The number of Topliss-reactive ketones (excluding diaryl/α,β-unsaturated/α-hetero) is 1. The quantitative estimate of drug-likeness (QED) is 0.614. The number of amides is 1. The van der Waals surface area contributed by atoms with Crippen LogP contribution < -0.4 is 0 Å². The van der Waals surface area contributed by atoms with Gasteiger partial charge in [-0.25, -0.2) is 4.79 Å². The van der Waals surface area contributed by atoms with E-state index in [0.29, 0.717) is 12.8 Å². The Kier molecular flexibility index (Phi) is 1.62. The number of hydrogen-bond acceptors (Lipinski definition) is 2. The molecule has 2 atom stereocenters. The molecule has 4 heteroatoms. The van der Waals surface area contributed by atoms with Gasteiger partial charge in [0, 0.05) is 18.9 Å². The highest BCUT2D eigenvalue weighted by Crippen LogP contribution is 2.42. The van der Waals surface area contributed by atoms with Crippen LogP contribution in [0.4, 0.5) is 4.79 Å². The molecule has 2 aliphatic rings. The third-order valence-electron chi connectivity index (χ3n) is 3.21. The van der Waals surface area contributed by atoms with Gasteiger partial charge in [-0.2, -0.15) is 0 Å². The first-order valence-electron chi connectivity index (χ1n) is 4.57. The predicted octanol–water partition coefficient (Wildman–Crippen LogP) is 1.25. The van der Waals surface area contributed by atoms with E-state index in [4.69, 9.17) is 5.11 Å². The van der Waals surface area contributed by atoms with Crippen LogP contribution in [0.15, 0.2) is 0 Å². The molecule has 13 heavy (non-hydrogen) atoms. The summed E-state index contributed by atoms with van der Waals surface area (Å²) in [7, 11) is 0. The predicted molar refractivity (Wildman–Crippen MR) is 45.5 cm³/mol. The summed E-state index contributed by atoms with van der Waals surface area (Å²) >= 11 is 0. The molecule has 2 unspecified atom stereocenters. The Hall–Kier alpha value is -1.06. The van der Waals surface area contributed by atoms with Crippen molar-refractivity contribution in [3.63, 3.8) is 0 Å². The molecule has 0 aliphatic carbocycles. The second-order valence-electron chi connectivity index (χ2n) is 4.26. The van der Waals surface area contributed by atoms with Gasteiger partial charge in [0.25, 0.3) is 0 Å². The van der Waals surface area contributed by atoms with Crippen LogP contribution in [0.3, 0.4) is 0 Å². The van der Waals surface area contributed by atoms with E-state index in [2.05, 4.69) is 0 Å². The van der Waals surface area contributed by atoms with Gasteiger partial charge in [-0.1, -0.05) is 0 Å². The molecule has 2 rings (SSSR count). The maximum Gasteiger partial charge on any atom is 0.408 e. The van der Waals surface area contributed by atoms with Crippen LogP contribution in [0.1, 0.15) is 32.6 Å². The summed E-state index contributed by atoms with van der Waals surface area (Å²) in [6, 6.07) is -0.0521. The van der Waals surface area contributed by atoms with Gasteiger partial charge in [0.2, 0.25) is 0 Å². The number of ketones is 1. The van der Waals surface area contributed by atoms with Crippen molar-refractivity contribution in [2.75, 3.05) is 0 Å². The molecule has 0 radical (unpaired) electrons. The molecule has 0 aromatic rings. The molecule has 1 amide bonds. The number of carboxylic acid groups (broad SMARTS) is 1. The van der Waals surface area contributed by atoms with Gasteiger partial charge in [0.15, 0.2) is 0 Å². The van der Waals surface area contributed by atoms with Gasteiger partial charge in [0.1, 0.15) is 5.78 Å². The zero-order valence-electron chi connectivity index (χ0n) is 7.62. The molecule has 2 bridgehead atoms. The largest absolute Gasteiger partial charge is 0.465 e. The van der Waals surface area contributed by atoms with Crippen molar-refractivity contribution in [3.8, 4) is 0 Å². The van der Waals surface area contributed by atoms with E-state index in [1.165, 1.54) is 4.90 Å². The van der Waals surface area contributed by atoms with Crippen molar-refractivity contribution < 1.29 is 14.7 Å². The average molecular weight is 183 g/mol. The summed E-state index contributed by atoms with van der Waals surface area (Å²) < 4.78 is 0. The zero-order valence-corrected chi connectivity index (χ0v) is 7.62. The molecule has 2 aliphatic heterocycles. The van der Waals surface area contributed by atoms with Crippen molar-refractivity contribution in [2.24, 2.45) is 0 Å². The van der Waals surface area contributed by atoms with Gasteiger partial charge in [-0.15, -0.1) is 0 Å². The van der Waals surface area contributed by atoms with E-state index in [1.807, 2.05) is 6.92 Å². The Bertz CT molecular complexity index is 276. The number of carbonyl (C=O) groups excluding carboxylic acids is 1. The van der Waals surface area contributed by atoms with Crippen LogP contribution in [0.25, 0.3) is 0 Å². The number of hydrogen-bond donors (Lipinski definition) is 1. The van der Waals surface area contributed by atoms with Gasteiger partial charge < -0.3 is 5.11 Å². The lowest BCUT2D eigenvalue weighted by atomic mass is 9.90. The molecule has 72 valence electrons. The zero-order chi connectivity index (χ0) is 9.64. The van der Waals surface area contributed by atoms with E-state index < -0.39 is 11.6 Å². The van der Waals surface area contributed by atoms with Crippen LogP contribution >= 0.6 is 0 Å². The Morgan fingerprint density at radius 1 is 1.69 bits per heavy atom. The summed E-state index contributed by atoms with van der Waals surface area (Å²) in [6.07, 6.45) is 1.61. The summed E-state index contributed by atoms with van der Waals surface area (Å²) in [6.45, 7) is 1.87. The lowest BCUT2D eigenvalue weighted by molar-refractivity contribution is -0.125. The molecule has 2 fully saturated rings. The van der Waals surface area contributed by atoms with Gasteiger partial charge in [-0.3, -0.25) is 9.69 Å². The third-order valence-corrected chi connectivity index (χ3v) is 3.21. The minimum atomic E-state index is -0.877. The maximum absolute atomic E-state index is 11.3. The van der Waals surface area contributed by atoms with E-state index in [0.717, 1.165) is 12.8 Å². The van der Waals surface area contributed by atoms with Crippen LogP contribution in [0, 0.1) is 0 Å². The first kappa shape index (κ1) is 8.53. The Balaban J connectivity index is 2.31. The highest BCUT2D eigenvalue weighted by Gasteiger charge is 2.50. The molecule has 4 nitrogen and oxygen atoms in total. The topological polar surface area (TPSA) is 57.6 Å². The minimum Gasteiger partial charge on any atom is -0.465 e. The fraction of sp³-hybridized carbons (Fsp3) is 0.778. The summed E-state index contributed by atoms with van der Waals surface area (Å²) in [5.74, 6) is 0.211. The standard InChI is InChI=1S/C9H13NO3/c1-9-3-2-6(4-7(11)5-9)10(9)8(12)13/h6H,2-5H2,1H3,(H,12,13). The highest BCUT2D eigenvalue weighted by atomic mass is 16.4. The number of nitrogens with zero attached hydrogens (tertiary/aromatic N) is 1. The van der Waals surface area contributed by atoms with Gasteiger partial charge in [-0.05, 0) is 19.8 Å². The van der Waals surface area contributed by atoms with E-state index in [-0.39, 0.29) is 11.8 Å². The second kappa shape index (κ2) is 2.47. The molecule has 0 aromatic carbocycles. The van der Waals surface area contributed by atoms with E-state index in [1.54, 1.807) is 0 Å². The fourth-order valence-corrected chi connectivity index (χ4v) is 2.68. The Labute approximate surface area is 76.5 Å². The highest BCUT2D eigenvalue weighted by molar-refractivity contribution is 5.84. The average Bonchev–Trinajstić information content (AvgIpc) is 2.19. The summed E-state index contributed by atoms with van der Waals surface area (Å²) in [4.78, 5) is 23.7. The summed E-state index contributed by atoms with van der Waals surface area (Å²) in [5, 5.41) is 8.99. The smallest absolute Gasteiger partial charge is 0.408 e. The maximum atomic E-state index is 11.3. The third kappa shape index (κ3) is 1.12. The van der Waals surface area contributed by atoms with Gasteiger partial charge >= 0.3 is 6.09 Å². The van der Waals surface area contributed by atoms with Crippen LogP contribution in [-0.4, -0.2) is 33.5 Å². The molecular weight excluding hydrogens is 170 g/mol. The van der Waals surface area contributed by atoms with Crippen LogP contribution in [-0.2, 0) is 4.79 Å². The van der Waals surface area contributed by atoms with Crippen molar-refractivity contribution in [1.82, 2.24) is 4.90 Å². The van der Waals surface area contributed by atoms with Gasteiger partial charge in [0.05, 0.1) is 5.54 Å². The molecule has 1 N–H and O–H groups in total. The number of piperidine rings is 1. The van der Waals surface area contributed by atoms with E-state index >= 15 is 0 Å². The van der Waals surface area contributed by atoms with Crippen LogP contribution in [0.2, 0.25) is 0 Å². The molecule has 0 spiro atoms. The number of fused-ring (bicyclic) bond motifs is 2. The SMILES string of the molecule is CC12CCC(CC(=O)C1)N2C(=O)O. The number of carbonyl (C=O) groups is 2. The Morgan fingerprint density at radius 2 is 2.38 bits per heavy atom. The van der Waals surface area contributed by atoms with Crippen LogP contribution in [0.5, 0.6) is 0 Å². The first-order chi connectivity index (χ1) is 6.03. The Morgan fingerprint density at radius 3 is 2.92 bits per heavy atom. The summed E-state index contributed by atoms with van der Waals surface area (Å²) in [5.41, 5.74) is -0.411. The first-order valence-corrected chi connectivity index (χ1v) is 4.57. The lowest BCUT2D eigenvalue weighted by Crippen LogP contribution is -2.53. The van der Waals surface area contributed by atoms with Crippen molar-refractivity contribution in [3.05, 3.63) is 0 Å². The monoisotopic (exact) mass is 183 g/mol. The molecule has 0 saturated carbocycles. The molecule has 2 saturated heterocycles. The number of rotatable bonds is 0. The fourth-order valence-electron chi connectivity index (χ4n) is 2.68. The molecular formula is C9H13NO3. The van der Waals surface area contributed by atoms with Crippen molar-refractivity contribution in [1.29, 1.82) is 0 Å². The lowest BCUT2D eigenvalue weighted by Gasteiger charge is -2.39.